The number of hydrogen-bond donors (Lipinski definition) is 0. The summed E-state index contributed by atoms with van der Waals surface area (Å²) < 4.78 is 38.3. The summed E-state index contributed by atoms with van der Waals surface area (Å²) in [6, 6.07) is 22.5. The molecule has 4 aromatic carbocycles. The van der Waals surface area contributed by atoms with Crippen molar-refractivity contribution in [2.24, 2.45) is 23.7 Å². The van der Waals surface area contributed by atoms with E-state index < -0.39 is 30.5 Å². The summed E-state index contributed by atoms with van der Waals surface area (Å²) in [6.45, 7) is 8.62. The van der Waals surface area contributed by atoms with Gasteiger partial charge in [-0.3, -0.25) is 14.4 Å². The molecule has 6 rings (SSSR count). The minimum atomic E-state index is -0.840. The van der Waals surface area contributed by atoms with Crippen LogP contribution in [0.3, 0.4) is 0 Å². The van der Waals surface area contributed by atoms with Gasteiger partial charge in [-0.15, -0.1) is 0 Å². The molecule has 408 valence electrons. The van der Waals surface area contributed by atoms with Crippen LogP contribution in [0.15, 0.2) is 104 Å². The van der Waals surface area contributed by atoms with Crippen LogP contribution in [0.1, 0.15) is 113 Å². The molecule has 0 spiro atoms. The van der Waals surface area contributed by atoms with Crippen LogP contribution in [-0.2, 0) is 48.0 Å². The lowest BCUT2D eigenvalue weighted by molar-refractivity contribution is -0.218. The molecule has 4 aromatic rings. The average molecular weight is 1050 g/mol. The Bertz CT molecular complexity index is 2490. The van der Waals surface area contributed by atoms with E-state index in [9.17, 15) is 28.8 Å². The maximum atomic E-state index is 13.1. The van der Waals surface area contributed by atoms with Crippen LogP contribution < -0.4 is 28.7 Å². The molecular formula is C59H70O17. The SMILES string of the molecule is C=CC(=O)OCCCCCCOc1ccc(OOCC2CCC(C(=O)OCC(=O)Oc3c(C=O)cc(OOCC4CCC(C(=O)Oc5ccc(OCCCCCCOC(=O)C=C)cc5)CC4)c4ccccc34)CC2)cc1. The maximum absolute atomic E-state index is 13.1. The Balaban J connectivity index is 0.834. The fraction of sp³-hybridized carbons (Fsp3) is 0.458. The van der Waals surface area contributed by atoms with E-state index in [0.717, 1.165) is 82.1 Å². The average Bonchev–Trinajstić information content (AvgIpc) is 3.47. The summed E-state index contributed by atoms with van der Waals surface area (Å²) in [5.41, 5.74) is 0.0456. The second kappa shape index (κ2) is 32.3. The minimum absolute atomic E-state index is 0.0103. The summed E-state index contributed by atoms with van der Waals surface area (Å²) in [7, 11) is 0. The van der Waals surface area contributed by atoms with Crippen molar-refractivity contribution in [1.82, 2.24) is 0 Å². The second-order valence-electron chi connectivity index (χ2n) is 18.8. The smallest absolute Gasteiger partial charge is 0.349 e. The molecule has 0 aliphatic heterocycles. The first kappa shape index (κ1) is 58.0. The van der Waals surface area contributed by atoms with Crippen LogP contribution in [0.5, 0.6) is 34.5 Å². The van der Waals surface area contributed by atoms with Gasteiger partial charge in [0.15, 0.2) is 24.4 Å². The van der Waals surface area contributed by atoms with Gasteiger partial charge in [0.2, 0.25) is 0 Å². The Morgan fingerprint density at radius 2 is 0.974 bits per heavy atom. The first-order valence-corrected chi connectivity index (χ1v) is 26.3. The number of carbonyl (C=O) groups excluding carboxylic acids is 6. The number of rotatable bonds is 33. The van der Waals surface area contributed by atoms with Crippen molar-refractivity contribution >= 4 is 46.9 Å². The molecule has 0 atom stereocenters. The van der Waals surface area contributed by atoms with Crippen molar-refractivity contribution in [2.75, 3.05) is 46.2 Å². The predicted octanol–water partition coefficient (Wildman–Crippen LogP) is 11.0. The lowest BCUT2D eigenvalue weighted by Gasteiger charge is -2.26. The van der Waals surface area contributed by atoms with E-state index in [0.29, 0.717) is 106 Å². The molecule has 2 fully saturated rings. The lowest BCUT2D eigenvalue weighted by atomic mass is 9.82. The van der Waals surface area contributed by atoms with Crippen LogP contribution in [0.2, 0.25) is 0 Å². The number of unbranched alkanes of at least 4 members (excludes halogenated alkanes) is 6. The fourth-order valence-corrected chi connectivity index (χ4v) is 8.87. The number of carbonyl (C=O) groups is 6. The molecule has 2 aliphatic rings. The molecule has 17 heteroatoms. The molecule has 2 saturated carbocycles. The molecule has 0 unspecified atom stereocenters. The van der Waals surface area contributed by atoms with Crippen molar-refractivity contribution in [2.45, 2.75) is 103 Å². The number of esters is 5. The van der Waals surface area contributed by atoms with Gasteiger partial charge < -0.3 is 42.9 Å². The number of fused-ring (bicyclic) bond motifs is 1. The van der Waals surface area contributed by atoms with Gasteiger partial charge in [0.25, 0.3) is 0 Å². The molecule has 0 saturated heterocycles. The van der Waals surface area contributed by atoms with Crippen molar-refractivity contribution in [3.63, 3.8) is 0 Å². The second-order valence-corrected chi connectivity index (χ2v) is 18.8. The number of aldehydes is 1. The molecular weight excluding hydrogens is 981 g/mol. The standard InChI is InChI=1S/C59H70O17/c1-3-54(61)68-35-13-7-5-11-33-66-47-25-29-49(30-26-47)73-59(65)45-23-19-43(20-24-45)40-72-76-53-37-46(38-60)57(52-16-10-9-15-51(52)53)74-56(63)41-70-58(64)44-21-17-42(18-22-44)39-71-75-50-31-27-48(28-32-50)67-34-12-6-8-14-36-69-55(62)4-2/h3-4,9-10,15-16,25-32,37-38,42-45H,1-2,5-8,11-14,17-24,33-36,39-41H2. The Morgan fingerprint density at radius 1 is 0.500 bits per heavy atom. The summed E-state index contributed by atoms with van der Waals surface area (Å²) in [5, 5.41) is 0.963. The Hall–Kier alpha value is -7.24. The molecule has 0 heterocycles. The van der Waals surface area contributed by atoms with E-state index in [1.165, 1.54) is 6.07 Å². The molecule has 0 aromatic heterocycles. The van der Waals surface area contributed by atoms with Gasteiger partial charge in [-0.25, -0.2) is 14.4 Å². The highest BCUT2D eigenvalue weighted by Crippen LogP contribution is 2.38. The number of benzene rings is 4. The van der Waals surface area contributed by atoms with Gasteiger partial charge in [0.1, 0.15) is 23.0 Å². The minimum Gasteiger partial charge on any atom is -0.494 e. The molecule has 0 radical (unpaired) electrons. The topological polar surface area (TPSA) is 204 Å². The number of ether oxygens (including phenoxy) is 7. The summed E-state index contributed by atoms with van der Waals surface area (Å²) in [5.74, 6) is -0.0897. The third-order valence-corrected chi connectivity index (χ3v) is 13.2. The van der Waals surface area contributed by atoms with Crippen molar-refractivity contribution in [3.05, 3.63) is 110 Å². The zero-order valence-electron chi connectivity index (χ0n) is 43.2. The van der Waals surface area contributed by atoms with E-state index >= 15 is 0 Å². The third kappa shape index (κ3) is 19.8. The summed E-state index contributed by atoms with van der Waals surface area (Å²) in [6.07, 6.45) is 15.2. The first-order valence-electron chi connectivity index (χ1n) is 26.3. The van der Waals surface area contributed by atoms with E-state index in [-0.39, 0.29) is 53.3 Å². The van der Waals surface area contributed by atoms with E-state index in [2.05, 4.69) is 13.2 Å². The van der Waals surface area contributed by atoms with Gasteiger partial charge in [0.05, 0.1) is 57.0 Å². The van der Waals surface area contributed by atoms with Crippen LogP contribution >= 0.6 is 0 Å². The summed E-state index contributed by atoms with van der Waals surface area (Å²) >= 11 is 0. The van der Waals surface area contributed by atoms with Crippen LogP contribution in [0.4, 0.5) is 0 Å². The van der Waals surface area contributed by atoms with Gasteiger partial charge >= 0.3 is 29.8 Å². The van der Waals surface area contributed by atoms with Gasteiger partial charge in [-0.1, -0.05) is 37.4 Å². The first-order chi connectivity index (χ1) is 37.1. The molecule has 0 bridgehead atoms. The quantitative estimate of drug-likeness (QED) is 0.00636. The zero-order chi connectivity index (χ0) is 53.7. The Kier molecular flexibility index (Phi) is 24.6. The van der Waals surface area contributed by atoms with Gasteiger partial charge in [0, 0.05) is 22.9 Å². The fourth-order valence-electron chi connectivity index (χ4n) is 8.87. The highest BCUT2D eigenvalue weighted by molar-refractivity contribution is 6.01. The van der Waals surface area contributed by atoms with Crippen LogP contribution in [-0.4, -0.2) is 82.4 Å². The third-order valence-electron chi connectivity index (χ3n) is 13.2. The lowest BCUT2D eigenvalue weighted by Crippen LogP contribution is -2.28. The number of hydrogen-bond acceptors (Lipinski definition) is 17. The molecule has 0 N–H and O–H groups in total. The molecule has 76 heavy (non-hydrogen) atoms. The molecule has 0 amide bonds. The monoisotopic (exact) mass is 1050 g/mol. The van der Waals surface area contributed by atoms with Crippen molar-refractivity contribution in [1.29, 1.82) is 0 Å². The van der Waals surface area contributed by atoms with Crippen molar-refractivity contribution in [3.8, 4) is 34.5 Å². The van der Waals surface area contributed by atoms with Crippen LogP contribution in [0.25, 0.3) is 10.8 Å². The van der Waals surface area contributed by atoms with Crippen molar-refractivity contribution < 1.29 is 81.5 Å². The van der Waals surface area contributed by atoms with E-state index in [1.807, 2.05) is 12.1 Å². The highest BCUT2D eigenvalue weighted by atomic mass is 17.2. The highest BCUT2D eigenvalue weighted by Gasteiger charge is 2.30. The van der Waals surface area contributed by atoms with Crippen LogP contribution in [0, 0.1) is 23.7 Å². The normalized spacial score (nSPS) is 17.1. The van der Waals surface area contributed by atoms with Gasteiger partial charge in [-0.2, -0.15) is 9.78 Å². The maximum Gasteiger partial charge on any atom is 0.349 e. The largest absolute Gasteiger partial charge is 0.494 e. The van der Waals surface area contributed by atoms with Gasteiger partial charge in [-0.05, 0) is 169 Å². The molecule has 2 aliphatic carbocycles. The Labute approximate surface area is 443 Å². The zero-order valence-corrected chi connectivity index (χ0v) is 43.2. The van der Waals surface area contributed by atoms with E-state index in [4.69, 9.17) is 52.7 Å². The van der Waals surface area contributed by atoms with E-state index in [1.54, 1.807) is 60.7 Å². The molecule has 17 nitrogen and oxygen atoms in total. The Morgan fingerprint density at radius 3 is 1.50 bits per heavy atom. The summed E-state index contributed by atoms with van der Waals surface area (Å²) in [4.78, 5) is 96.1. The predicted molar refractivity (Wildman–Crippen MR) is 279 cm³/mol.